The van der Waals surface area contributed by atoms with Crippen LogP contribution in [0.4, 0.5) is 0 Å². The number of para-hydroxylation sites is 2. The van der Waals surface area contributed by atoms with Crippen LogP contribution in [0.5, 0.6) is 0 Å². The second-order valence-corrected chi connectivity index (χ2v) is 10.7. The molecule has 9 rings (SSSR count). The monoisotopic (exact) mass is 512 g/mol. The maximum absolute atomic E-state index is 12.1. The Morgan fingerprint density at radius 1 is 0.450 bits per heavy atom. The summed E-state index contributed by atoms with van der Waals surface area (Å²) in [7, 11) is 0. The summed E-state index contributed by atoms with van der Waals surface area (Å²) in [5.74, 6) is 0. The van der Waals surface area contributed by atoms with E-state index >= 15 is 0 Å². The molecule has 3 heterocycles. The topological polar surface area (TPSA) is 30.1 Å². The van der Waals surface area contributed by atoms with Gasteiger partial charge in [0.15, 0.2) is 6.23 Å². The standard InChI is InChI=1S/C37H24N2O/c40-37-29-16-9-15-28-30-20-25(23-10-3-1-4-11-23)18-19-33(30)38(35(28)29)34-22-26(24-12-5-2-6-13-24)21-31-27-14-7-8-17-32(27)39(37)36(31)34/h1-22,37,40H. The van der Waals surface area contributed by atoms with E-state index in [1.165, 1.54) is 22.1 Å². The van der Waals surface area contributed by atoms with Crippen LogP contribution >= 0.6 is 0 Å². The van der Waals surface area contributed by atoms with Gasteiger partial charge >= 0.3 is 0 Å². The number of aromatic nitrogens is 2. The molecule has 1 aliphatic heterocycles. The smallest absolute Gasteiger partial charge is 0.159 e. The molecule has 6 aromatic carbocycles. The van der Waals surface area contributed by atoms with Crippen molar-refractivity contribution in [1.29, 1.82) is 0 Å². The van der Waals surface area contributed by atoms with Crippen LogP contribution in [0, 0.1) is 0 Å². The van der Waals surface area contributed by atoms with E-state index in [0.29, 0.717) is 0 Å². The van der Waals surface area contributed by atoms with Crippen LogP contribution in [0.15, 0.2) is 133 Å². The minimum Gasteiger partial charge on any atom is -0.369 e. The fourth-order valence-electron chi connectivity index (χ4n) is 6.83. The summed E-state index contributed by atoms with van der Waals surface area (Å²) in [5.41, 5.74) is 11.0. The molecule has 1 unspecified atom stereocenters. The Hall–Kier alpha value is -5.12. The number of fused-ring (bicyclic) bond motifs is 7. The van der Waals surface area contributed by atoms with Gasteiger partial charge in [-0.05, 0) is 52.6 Å². The molecule has 188 valence electrons. The molecule has 0 saturated heterocycles. The summed E-state index contributed by atoms with van der Waals surface area (Å²) in [4.78, 5) is 0. The normalized spacial score (nSPS) is 14.4. The first-order valence-corrected chi connectivity index (χ1v) is 13.7. The van der Waals surface area contributed by atoms with E-state index in [1.54, 1.807) is 0 Å². The van der Waals surface area contributed by atoms with E-state index in [9.17, 15) is 5.11 Å². The van der Waals surface area contributed by atoms with E-state index in [-0.39, 0.29) is 0 Å². The summed E-state index contributed by atoms with van der Waals surface area (Å²) in [6.45, 7) is 0. The predicted octanol–water partition coefficient (Wildman–Crippen LogP) is 9.08. The van der Waals surface area contributed by atoms with Gasteiger partial charge in [-0.25, -0.2) is 0 Å². The first-order chi connectivity index (χ1) is 19.8. The van der Waals surface area contributed by atoms with Crippen LogP contribution in [0.3, 0.4) is 0 Å². The molecule has 0 amide bonds. The molecule has 2 aromatic heterocycles. The Morgan fingerprint density at radius 2 is 1.12 bits per heavy atom. The molecule has 0 radical (unpaired) electrons. The first kappa shape index (κ1) is 21.8. The van der Waals surface area contributed by atoms with Crippen LogP contribution in [0.2, 0.25) is 0 Å². The molecule has 40 heavy (non-hydrogen) atoms. The third kappa shape index (κ3) is 2.82. The van der Waals surface area contributed by atoms with Crippen molar-refractivity contribution < 1.29 is 5.11 Å². The fraction of sp³-hybridized carbons (Fsp3) is 0.0270. The van der Waals surface area contributed by atoms with Gasteiger partial charge in [-0.2, -0.15) is 0 Å². The number of aliphatic hydroxyl groups excluding tert-OH is 1. The van der Waals surface area contributed by atoms with E-state index in [0.717, 1.165) is 55.0 Å². The van der Waals surface area contributed by atoms with Crippen LogP contribution < -0.4 is 0 Å². The van der Waals surface area contributed by atoms with Crippen LogP contribution in [0.25, 0.3) is 71.6 Å². The molecular weight excluding hydrogens is 488 g/mol. The van der Waals surface area contributed by atoms with Gasteiger partial charge in [0.05, 0.1) is 27.8 Å². The number of hydrogen-bond donors (Lipinski definition) is 1. The van der Waals surface area contributed by atoms with E-state index in [2.05, 4.69) is 143 Å². The number of aliphatic hydroxyl groups is 1. The number of nitrogens with zero attached hydrogens (tertiary/aromatic N) is 2. The van der Waals surface area contributed by atoms with E-state index in [1.807, 2.05) is 0 Å². The van der Waals surface area contributed by atoms with Crippen LogP contribution in [-0.2, 0) is 0 Å². The quantitative estimate of drug-likeness (QED) is 0.246. The Morgan fingerprint density at radius 3 is 1.93 bits per heavy atom. The predicted molar refractivity (Wildman–Crippen MR) is 165 cm³/mol. The lowest BCUT2D eigenvalue weighted by atomic mass is 10.0. The Balaban J connectivity index is 1.48. The Bertz CT molecular complexity index is 2270. The molecular formula is C37H24N2O. The SMILES string of the molecule is OC1c2cccc3c4cc(-c5ccccc5)ccc4n(c23)-c2cc(-c3ccccc3)cc3c4ccccc4n1c23. The zero-order chi connectivity index (χ0) is 26.4. The minimum absolute atomic E-state index is 0.813. The van der Waals surface area contributed by atoms with Crippen molar-refractivity contribution in [2.24, 2.45) is 0 Å². The largest absolute Gasteiger partial charge is 0.369 e. The maximum Gasteiger partial charge on any atom is 0.159 e. The molecule has 1 atom stereocenters. The second-order valence-electron chi connectivity index (χ2n) is 10.7. The van der Waals surface area contributed by atoms with Crippen molar-refractivity contribution >= 4 is 43.6 Å². The summed E-state index contributed by atoms with van der Waals surface area (Å²) < 4.78 is 4.51. The Labute approximate surface area is 230 Å². The van der Waals surface area contributed by atoms with E-state index < -0.39 is 6.23 Å². The van der Waals surface area contributed by atoms with Gasteiger partial charge in [0.25, 0.3) is 0 Å². The van der Waals surface area contributed by atoms with Gasteiger partial charge in [-0.1, -0.05) is 103 Å². The zero-order valence-corrected chi connectivity index (χ0v) is 21.6. The molecule has 8 aromatic rings. The molecule has 0 bridgehead atoms. The van der Waals surface area contributed by atoms with Crippen molar-refractivity contribution in [2.75, 3.05) is 0 Å². The summed E-state index contributed by atoms with van der Waals surface area (Å²) in [5, 5.41) is 16.7. The molecule has 0 aliphatic carbocycles. The lowest BCUT2D eigenvalue weighted by Crippen LogP contribution is -2.08. The third-order valence-corrected chi connectivity index (χ3v) is 8.58. The van der Waals surface area contributed by atoms with Crippen molar-refractivity contribution in [2.45, 2.75) is 6.23 Å². The molecule has 1 aliphatic rings. The molecule has 0 spiro atoms. The first-order valence-electron chi connectivity index (χ1n) is 13.7. The molecule has 1 N–H and O–H groups in total. The molecule has 0 saturated carbocycles. The van der Waals surface area contributed by atoms with Crippen LogP contribution in [-0.4, -0.2) is 14.2 Å². The number of rotatable bonds is 2. The third-order valence-electron chi connectivity index (χ3n) is 8.58. The van der Waals surface area contributed by atoms with Gasteiger partial charge in [0.2, 0.25) is 0 Å². The van der Waals surface area contributed by atoms with Crippen molar-refractivity contribution in [3.63, 3.8) is 0 Å². The number of benzene rings is 6. The van der Waals surface area contributed by atoms with Crippen molar-refractivity contribution in [1.82, 2.24) is 9.13 Å². The average molecular weight is 513 g/mol. The van der Waals surface area contributed by atoms with Crippen molar-refractivity contribution in [3.8, 4) is 27.9 Å². The van der Waals surface area contributed by atoms with Gasteiger partial charge in [-0.15, -0.1) is 0 Å². The fourth-order valence-corrected chi connectivity index (χ4v) is 6.83. The lowest BCUT2D eigenvalue weighted by molar-refractivity contribution is 0.157. The van der Waals surface area contributed by atoms with E-state index in [4.69, 9.17) is 0 Å². The van der Waals surface area contributed by atoms with Crippen molar-refractivity contribution in [3.05, 3.63) is 139 Å². The van der Waals surface area contributed by atoms with Gasteiger partial charge in [0, 0.05) is 27.1 Å². The van der Waals surface area contributed by atoms with Gasteiger partial charge in [-0.3, -0.25) is 0 Å². The highest BCUT2D eigenvalue weighted by Crippen LogP contribution is 2.46. The average Bonchev–Trinajstić information content (AvgIpc) is 3.50. The lowest BCUT2D eigenvalue weighted by Gasteiger charge is -2.15. The highest BCUT2D eigenvalue weighted by atomic mass is 16.3. The molecule has 3 heteroatoms. The summed E-state index contributed by atoms with van der Waals surface area (Å²) in [6.07, 6.45) is -0.813. The zero-order valence-electron chi connectivity index (χ0n) is 21.6. The Kier molecular flexibility index (Phi) is 4.33. The van der Waals surface area contributed by atoms with Gasteiger partial charge < -0.3 is 14.2 Å². The van der Waals surface area contributed by atoms with Gasteiger partial charge in [0.1, 0.15) is 0 Å². The molecule has 3 nitrogen and oxygen atoms in total. The highest BCUT2D eigenvalue weighted by Gasteiger charge is 2.29. The minimum atomic E-state index is -0.813. The second kappa shape index (κ2) is 7.95. The maximum atomic E-state index is 12.1. The summed E-state index contributed by atoms with van der Waals surface area (Å²) >= 11 is 0. The van der Waals surface area contributed by atoms with Crippen LogP contribution in [0.1, 0.15) is 11.8 Å². The summed E-state index contributed by atoms with van der Waals surface area (Å²) in [6, 6.07) is 47.2. The number of hydrogen-bond acceptors (Lipinski definition) is 1. The highest BCUT2D eigenvalue weighted by molar-refractivity contribution is 6.17. The molecule has 0 fully saturated rings.